The first-order valence-corrected chi connectivity index (χ1v) is 9.44. The Bertz CT molecular complexity index is 598. The first-order chi connectivity index (χ1) is 9.99. The Kier molecular flexibility index (Phi) is 6.29. The summed E-state index contributed by atoms with van der Waals surface area (Å²) in [6, 6.07) is 8.93. The molecule has 2 rings (SSSR count). The van der Waals surface area contributed by atoms with Crippen LogP contribution in [-0.4, -0.2) is 13.1 Å². The van der Waals surface area contributed by atoms with Gasteiger partial charge in [-0.2, -0.15) is 0 Å². The number of hydrogen-bond donors (Lipinski definition) is 1. The van der Waals surface area contributed by atoms with Gasteiger partial charge in [0.05, 0.1) is 6.54 Å². The Balaban J connectivity index is 2.08. The maximum atomic E-state index is 6.04. The summed E-state index contributed by atoms with van der Waals surface area (Å²) in [6.07, 6.45) is 1.92. The molecule has 0 saturated carbocycles. The van der Waals surface area contributed by atoms with Crippen LogP contribution in [0.15, 0.2) is 38.6 Å². The van der Waals surface area contributed by atoms with Crippen molar-refractivity contribution in [3.63, 3.8) is 0 Å². The molecule has 0 aliphatic rings. The zero-order valence-corrected chi connectivity index (χ0v) is 16.3. The third-order valence-electron chi connectivity index (χ3n) is 3.50. The van der Waals surface area contributed by atoms with Crippen molar-refractivity contribution in [1.29, 1.82) is 0 Å². The summed E-state index contributed by atoms with van der Waals surface area (Å²) in [5.74, 6) is 0. The van der Waals surface area contributed by atoms with E-state index in [0.717, 1.165) is 28.3 Å². The molecule has 114 valence electrons. The number of rotatable bonds is 6. The van der Waals surface area contributed by atoms with Crippen LogP contribution in [0.4, 0.5) is 5.69 Å². The summed E-state index contributed by atoms with van der Waals surface area (Å²) in [7, 11) is 2.12. The van der Waals surface area contributed by atoms with E-state index < -0.39 is 0 Å². The van der Waals surface area contributed by atoms with Crippen LogP contribution in [-0.2, 0) is 13.0 Å². The smallest absolute Gasteiger partial charge is 0.0519 e. The molecular formula is C16H20Br2N2S. The number of anilines is 1. The second-order valence-corrected chi connectivity index (χ2v) is 8.00. The fourth-order valence-corrected chi connectivity index (χ4v) is 4.16. The van der Waals surface area contributed by atoms with Gasteiger partial charge in [-0.3, -0.25) is 0 Å². The number of halogens is 2. The highest BCUT2D eigenvalue weighted by Crippen LogP contribution is 2.27. The Morgan fingerprint density at radius 3 is 2.62 bits per heavy atom. The van der Waals surface area contributed by atoms with Crippen LogP contribution in [0.5, 0.6) is 0 Å². The van der Waals surface area contributed by atoms with Crippen LogP contribution in [0.25, 0.3) is 0 Å². The van der Waals surface area contributed by atoms with Gasteiger partial charge in [-0.1, -0.05) is 28.9 Å². The number of benzene rings is 1. The van der Waals surface area contributed by atoms with Crippen LogP contribution in [0.2, 0.25) is 0 Å². The molecule has 1 unspecified atom stereocenters. The second kappa shape index (κ2) is 7.77. The summed E-state index contributed by atoms with van der Waals surface area (Å²) >= 11 is 8.95. The zero-order valence-electron chi connectivity index (χ0n) is 12.3. The average molecular weight is 432 g/mol. The molecule has 0 aliphatic heterocycles. The highest BCUT2D eigenvalue weighted by molar-refractivity contribution is 9.10. The Morgan fingerprint density at radius 1 is 1.29 bits per heavy atom. The van der Waals surface area contributed by atoms with Gasteiger partial charge in [0.15, 0.2) is 0 Å². The molecule has 0 aliphatic carbocycles. The van der Waals surface area contributed by atoms with Crippen molar-refractivity contribution < 1.29 is 0 Å². The molecule has 0 amide bonds. The minimum absolute atomic E-state index is 0.230. The molecule has 1 aromatic heterocycles. The molecular weight excluding hydrogens is 412 g/mol. The maximum Gasteiger partial charge on any atom is 0.0519 e. The van der Waals surface area contributed by atoms with Gasteiger partial charge in [-0.15, -0.1) is 11.3 Å². The molecule has 0 fully saturated rings. The molecule has 0 radical (unpaired) electrons. The SMILES string of the molecule is CCC(N)Cc1ccc(N(C)Cc2cc(Br)cs2)cc1Br. The van der Waals surface area contributed by atoms with E-state index in [1.54, 1.807) is 11.3 Å². The Labute approximate surface area is 147 Å². The Hall–Kier alpha value is -0.360. The van der Waals surface area contributed by atoms with Crippen molar-refractivity contribution >= 4 is 48.9 Å². The zero-order chi connectivity index (χ0) is 15.4. The molecule has 0 saturated heterocycles. The van der Waals surface area contributed by atoms with E-state index in [2.05, 4.69) is 80.4 Å². The van der Waals surface area contributed by atoms with Crippen molar-refractivity contribution in [3.8, 4) is 0 Å². The predicted octanol–water partition coefficient (Wildman–Crippen LogP) is 5.19. The molecule has 5 heteroatoms. The normalized spacial score (nSPS) is 12.4. The molecule has 0 bridgehead atoms. The van der Waals surface area contributed by atoms with Crippen molar-refractivity contribution in [1.82, 2.24) is 0 Å². The van der Waals surface area contributed by atoms with Crippen LogP contribution in [0, 0.1) is 0 Å². The van der Waals surface area contributed by atoms with Gasteiger partial charge in [0.1, 0.15) is 0 Å². The minimum Gasteiger partial charge on any atom is -0.369 e. The summed E-state index contributed by atoms with van der Waals surface area (Å²) < 4.78 is 2.30. The van der Waals surface area contributed by atoms with Crippen LogP contribution in [0.1, 0.15) is 23.8 Å². The van der Waals surface area contributed by atoms with Gasteiger partial charge < -0.3 is 10.6 Å². The van der Waals surface area contributed by atoms with Crippen molar-refractivity contribution in [3.05, 3.63) is 49.0 Å². The highest BCUT2D eigenvalue weighted by Gasteiger charge is 2.09. The van der Waals surface area contributed by atoms with E-state index in [9.17, 15) is 0 Å². The van der Waals surface area contributed by atoms with E-state index in [0.29, 0.717) is 0 Å². The summed E-state index contributed by atoms with van der Waals surface area (Å²) in [5, 5.41) is 2.12. The number of hydrogen-bond acceptors (Lipinski definition) is 3. The first kappa shape index (κ1) is 17.0. The average Bonchev–Trinajstić information content (AvgIpc) is 2.86. The van der Waals surface area contributed by atoms with E-state index in [1.807, 2.05) is 0 Å². The number of nitrogens with zero attached hydrogens (tertiary/aromatic N) is 1. The third-order valence-corrected chi connectivity index (χ3v) is 5.92. The largest absolute Gasteiger partial charge is 0.369 e. The van der Waals surface area contributed by atoms with Crippen molar-refractivity contribution in [2.24, 2.45) is 5.73 Å². The number of nitrogens with two attached hydrogens (primary N) is 1. The molecule has 0 spiro atoms. The number of thiophene rings is 1. The summed E-state index contributed by atoms with van der Waals surface area (Å²) in [6.45, 7) is 3.04. The second-order valence-electron chi connectivity index (χ2n) is 5.24. The van der Waals surface area contributed by atoms with Crippen LogP contribution >= 0.6 is 43.2 Å². The van der Waals surface area contributed by atoms with Gasteiger partial charge in [-0.25, -0.2) is 0 Å². The lowest BCUT2D eigenvalue weighted by atomic mass is 10.0. The molecule has 2 N–H and O–H groups in total. The van der Waals surface area contributed by atoms with Gasteiger partial charge in [0, 0.05) is 38.0 Å². The van der Waals surface area contributed by atoms with E-state index in [-0.39, 0.29) is 6.04 Å². The summed E-state index contributed by atoms with van der Waals surface area (Å²) in [4.78, 5) is 3.60. The van der Waals surface area contributed by atoms with E-state index >= 15 is 0 Å². The summed E-state index contributed by atoms with van der Waals surface area (Å²) in [5.41, 5.74) is 8.53. The molecule has 21 heavy (non-hydrogen) atoms. The standard InChI is InChI=1S/C16H20Br2N2S/c1-3-13(19)6-11-4-5-14(8-16(11)18)20(2)9-15-7-12(17)10-21-15/h4-5,7-8,10,13H,3,6,9,19H2,1-2H3. The quantitative estimate of drug-likeness (QED) is 0.681. The molecule has 2 aromatic rings. The lowest BCUT2D eigenvalue weighted by Gasteiger charge is -2.20. The Morgan fingerprint density at radius 2 is 2.05 bits per heavy atom. The third kappa shape index (κ3) is 4.81. The van der Waals surface area contributed by atoms with E-state index in [4.69, 9.17) is 5.73 Å². The van der Waals surface area contributed by atoms with Crippen molar-refractivity contribution in [2.75, 3.05) is 11.9 Å². The molecule has 2 nitrogen and oxygen atoms in total. The van der Waals surface area contributed by atoms with Crippen molar-refractivity contribution in [2.45, 2.75) is 32.4 Å². The van der Waals surface area contributed by atoms with Gasteiger partial charge in [0.2, 0.25) is 0 Å². The fourth-order valence-electron chi connectivity index (χ4n) is 2.13. The van der Waals surface area contributed by atoms with Gasteiger partial charge >= 0.3 is 0 Å². The minimum atomic E-state index is 0.230. The maximum absolute atomic E-state index is 6.04. The lowest BCUT2D eigenvalue weighted by Crippen LogP contribution is -2.21. The predicted molar refractivity (Wildman–Crippen MR) is 100 cm³/mol. The van der Waals surface area contributed by atoms with Crippen LogP contribution < -0.4 is 10.6 Å². The molecule has 1 aromatic carbocycles. The first-order valence-electron chi connectivity index (χ1n) is 6.97. The molecule has 1 heterocycles. The monoisotopic (exact) mass is 430 g/mol. The molecule has 1 atom stereocenters. The van der Waals surface area contributed by atoms with Gasteiger partial charge in [-0.05, 0) is 52.5 Å². The highest BCUT2D eigenvalue weighted by atomic mass is 79.9. The fraction of sp³-hybridized carbons (Fsp3) is 0.375. The van der Waals surface area contributed by atoms with E-state index in [1.165, 1.54) is 16.1 Å². The van der Waals surface area contributed by atoms with Gasteiger partial charge in [0.25, 0.3) is 0 Å². The topological polar surface area (TPSA) is 29.3 Å². The van der Waals surface area contributed by atoms with Crippen LogP contribution in [0.3, 0.4) is 0 Å². The lowest BCUT2D eigenvalue weighted by molar-refractivity contribution is 0.645.